The molecule has 6 rings (SSSR count). The van der Waals surface area contributed by atoms with E-state index in [-0.39, 0.29) is 29.2 Å². The molecule has 0 amide bonds. The first-order chi connectivity index (χ1) is 21.9. The number of aromatic nitrogens is 1. The zero-order valence-corrected chi connectivity index (χ0v) is 24.9. The molecule has 0 N–H and O–H groups in total. The molecule has 0 saturated heterocycles. The summed E-state index contributed by atoms with van der Waals surface area (Å²) in [5, 5.41) is 0. The van der Waals surface area contributed by atoms with Crippen LogP contribution in [0.25, 0.3) is 6.08 Å². The Morgan fingerprint density at radius 2 is 1.73 bits per heavy atom. The molecule has 0 radical (unpaired) electrons. The molecule has 3 aromatic carbocycles. The van der Waals surface area contributed by atoms with Crippen molar-refractivity contribution in [1.82, 2.24) is 4.57 Å². The molecule has 0 aliphatic carbocycles. The fraction of sp³-hybridized carbons (Fsp3) is 0.0857. The largest absolute Gasteiger partial charge is 0.458 e. The van der Waals surface area contributed by atoms with Crippen LogP contribution in [0.3, 0.4) is 0 Å². The number of hydrogen-bond acceptors (Lipinski definition) is 9. The first-order valence-electron chi connectivity index (χ1n) is 13.9. The first-order valence-corrected chi connectivity index (χ1v) is 14.7. The number of allylic oxidation sites excluding steroid dienone is 1. The smallest absolute Gasteiger partial charge is 0.379 e. The number of carbonyl (C=O) groups is 2. The fourth-order valence-corrected chi connectivity index (χ4v) is 5.87. The van der Waals surface area contributed by atoms with Crippen molar-refractivity contribution in [2.24, 2.45) is 4.99 Å². The SMILES string of the molecule is C=CCOC(=O)C1=C(C)N=c2sc(=Cc3cccc(Oc4ccccc4)c3)c(=O)n2C1c1ccc(OC(=O)c2ccco2)cc1. The monoisotopic (exact) mass is 618 g/mol. The van der Waals surface area contributed by atoms with E-state index in [1.165, 1.54) is 34.3 Å². The summed E-state index contributed by atoms with van der Waals surface area (Å²) in [6.45, 7) is 5.32. The number of fused-ring (bicyclic) bond motifs is 1. The number of ether oxygens (including phenoxy) is 3. The van der Waals surface area contributed by atoms with Crippen LogP contribution >= 0.6 is 11.3 Å². The van der Waals surface area contributed by atoms with Crippen LogP contribution in [0.4, 0.5) is 0 Å². The summed E-state index contributed by atoms with van der Waals surface area (Å²) in [6.07, 6.45) is 4.62. The van der Waals surface area contributed by atoms with E-state index < -0.39 is 18.0 Å². The maximum absolute atomic E-state index is 14.0. The maximum atomic E-state index is 14.0. The number of furan rings is 1. The third-order valence-electron chi connectivity index (χ3n) is 6.84. The second-order valence-corrected chi connectivity index (χ2v) is 10.9. The number of carbonyl (C=O) groups excluding carboxylic acids is 2. The number of para-hydroxylation sites is 1. The van der Waals surface area contributed by atoms with Gasteiger partial charge in [0.1, 0.15) is 23.9 Å². The Bertz CT molecular complexity index is 2090. The molecule has 1 aliphatic heterocycles. The van der Waals surface area contributed by atoms with Crippen molar-refractivity contribution < 1.29 is 28.2 Å². The molecule has 1 atom stereocenters. The molecule has 224 valence electrons. The van der Waals surface area contributed by atoms with Crippen LogP contribution in [0.2, 0.25) is 0 Å². The average Bonchev–Trinajstić information content (AvgIpc) is 3.69. The van der Waals surface area contributed by atoms with Gasteiger partial charge >= 0.3 is 11.9 Å². The predicted molar refractivity (Wildman–Crippen MR) is 168 cm³/mol. The number of rotatable bonds is 9. The normalized spacial score (nSPS) is 14.3. The third-order valence-corrected chi connectivity index (χ3v) is 7.82. The van der Waals surface area contributed by atoms with E-state index in [9.17, 15) is 14.4 Å². The van der Waals surface area contributed by atoms with Gasteiger partial charge in [-0.25, -0.2) is 14.6 Å². The quantitative estimate of drug-likeness (QED) is 0.121. The number of nitrogens with zero attached hydrogens (tertiary/aromatic N) is 2. The molecule has 0 saturated carbocycles. The lowest BCUT2D eigenvalue weighted by Crippen LogP contribution is -2.39. The highest BCUT2D eigenvalue weighted by molar-refractivity contribution is 7.07. The van der Waals surface area contributed by atoms with E-state index in [0.29, 0.717) is 32.1 Å². The molecule has 1 unspecified atom stereocenters. The Morgan fingerprint density at radius 3 is 2.47 bits per heavy atom. The van der Waals surface area contributed by atoms with E-state index in [4.69, 9.17) is 18.6 Å². The molecule has 3 heterocycles. The molecule has 2 aromatic heterocycles. The second kappa shape index (κ2) is 12.9. The molecule has 1 aliphatic rings. The lowest BCUT2D eigenvalue weighted by molar-refractivity contribution is -0.138. The van der Waals surface area contributed by atoms with E-state index in [1.807, 2.05) is 54.6 Å². The number of hydrogen-bond donors (Lipinski definition) is 0. The third kappa shape index (κ3) is 6.31. The summed E-state index contributed by atoms with van der Waals surface area (Å²) >= 11 is 1.22. The van der Waals surface area contributed by atoms with Crippen molar-refractivity contribution in [3.05, 3.63) is 158 Å². The Hall–Kier alpha value is -5.74. The summed E-state index contributed by atoms with van der Waals surface area (Å²) in [5.41, 5.74) is 1.67. The zero-order chi connectivity index (χ0) is 31.3. The van der Waals surface area contributed by atoms with Gasteiger partial charge < -0.3 is 18.6 Å². The van der Waals surface area contributed by atoms with Gasteiger partial charge in [0.15, 0.2) is 4.80 Å². The van der Waals surface area contributed by atoms with E-state index in [1.54, 1.807) is 43.3 Å². The number of thiazole rings is 1. The Kier molecular flexibility index (Phi) is 8.39. The zero-order valence-electron chi connectivity index (χ0n) is 24.0. The van der Waals surface area contributed by atoms with Crippen LogP contribution in [0.5, 0.6) is 17.2 Å². The lowest BCUT2D eigenvalue weighted by atomic mass is 9.96. The van der Waals surface area contributed by atoms with Crippen molar-refractivity contribution in [2.45, 2.75) is 13.0 Å². The first kappa shape index (κ1) is 29.3. The minimum atomic E-state index is -0.844. The van der Waals surface area contributed by atoms with Crippen LogP contribution in [-0.2, 0) is 9.53 Å². The molecular formula is C35H26N2O7S. The van der Waals surface area contributed by atoms with Gasteiger partial charge in [-0.05, 0) is 72.7 Å². The van der Waals surface area contributed by atoms with Crippen LogP contribution in [0, 0.1) is 0 Å². The van der Waals surface area contributed by atoms with Crippen molar-refractivity contribution in [2.75, 3.05) is 6.61 Å². The van der Waals surface area contributed by atoms with E-state index in [0.717, 1.165) is 5.56 Å². The Balaban J connectivity index is 1.38. The minimum absolute atomic E-state index is 0.00415. The van der Waals surface area contributed by atoms with Crippen LogP contribution in [0.1, 0.15) is 34.6 Å². The Labute approximate surface area is 261 Å². The highest BCUT2D eigenvalue weighted by Crippen LogP contribution is 2.32. The predicted octanol–water partition coefficient (Wildman–Crippen LogP) is 5.57. The van der Waals surface area contributed by atoms with Gasteiger partial charge in [-0.15, -0.1) is 0 Å². The van der Waals surface area contributed by atoms with Crippen LogP contribution in [-0.4, -0.2) is 23.1 Å². The summed E-state index contributed by atoms with van der Waals surface area (Å²) in [7, 11) is 0. The van der Waals surface area contributed by atoms with Crippen molar-refractivity contribution >= 4 is 29.4 Å². The van der Waals surface area contributed by atoms with Gasteiger partial charge in [0, 0.05) is 0 Å². The van der Waals surface area contributed by atoms with Gasteiger partial charge in [0.25, 0.3) is 5.56 Å². The molecule has 9 nitrogen and oxygen atoms in total. The molecule has 45 heavy (non-hydrogen) atoms. The molecule has 0 spiro atoms. The second-order valence-electron chi connectivity index (χ2n) is 9.89. The molecule has 0 bridgehead atoms. The highest BCUT2D eigenvalue weighted by Gasteiger charge is 2.33. The van der Waals surface area contributed by atoms with Gasteiger partial charge in [-0.2, -0.15) is 0 Å². The summed E-state index contributed by atoms with van der Waals surface area (Å²) in [5.74, 6) is 0.382. The standard InChI is InChI=1S/C35H26N2O7S/c1-3-18-42-34(40)30-22(2)36-35-37(31(30)24-14-16-26(17-15-24)44-33(39)28-13-8-19-41-28)32(38)29(45-35)21-23-9-7-12-27(20-23)43-25-10-5-4-6-11-25/h3-17,19-21,31H,1,18H2,2H3. The van der Waals surface area contributed by atoms with E-state index >= 15 is 0 Å². The van der Waals surface area contributed by atoms with Crippen molar-refractivity contribution in [3.63, 3.8) is 0 Å². The van der Waals surface area contributed by atoms with Crippen LogP contribution in [0.15, 0.2) is 135 Å². The summed E-state index contributed by atoms with van der Waals surface area (Å²) in [6, 6.07) is 25.6. The van der Waals surface area contributed by atoms with E-state index in [2.05, 4.69) is 11.6 Å². The summed E-state index contributed by atoms with van der Waals surface area (Å²) < 4.78 is 23.8. The molecule has 5 aromatic rings. The molecule has 10 heteroatoms. The molecular weight excluding hydrogens is 592 g/mol. The fourth-order valence-electron chi connectivity index (χ4n) is 4.82. The molecule has 0 fully saturated rings. The van der Waals surface area contributed by atoms with Gasteiger partial charge in [-0.3, -0.25) is 9.36 Å². The average molecular weight is 619 g/mol. The minimum Gasteiger partial charge on any atom is -0.458 e. The van der Waals surface area contributed by atoms with Crippen LogP contribution < -0.4 is 24.4 Å². The maximum Gasteiger partial charge on any atom is 0.379 e. The number of benzene rings is 3. The highest BCUT2D eigenvalue weighted by atomic mass is 32.1. The Morgan fingerprint density at radius 1 is 0.956 bits per heavy atom. The summed E-state index contributed by atoms with van der Waals surface area (Å²) in [4.78, 5) is 44.7. The van der Waals surface area contributed by atoms with Crippen molar-refractivity contribution in [1.29, 1.82) is 0 Å². The lowest BCUT2D eigenvalue weighted by Gasteiger charge is -2.24. The number of esters is 2. The van der Waals surface area contributed by atoms with Crippen molar-refractivity contribution in [3.8, 4) is 17.2 Å². The topological polar surface area (TPSA) is 109 Å². The van der Waals surface area contributed by atoms with Gasteiger partial charge in [-0.1, -0.05) is 66.5 Å². The van der Waals surface area contributed by atoms with Gasteiger partial charge in [0.05, 0.1) is 28.1 Å². The van der Waals surface area contributed by atoms with Gasteiger partial charge in [0.2, 0.25) is 5.76 Å².